The number of hydrogen-bond donors (Lipinski definition) is 1. The summed E-state index contributed by atoms with van der Waals surface area (Å²) in [6.07, 6.45) is 1.94. The van der Waals surface area contributed by atoms with E-state index in [1.165, 1.54) is 11.1 Å². The highest BCUT2D eigenvalue weighted by molar-refractivity contribution is 5.25. The Morgan fingerprint density at radius 2 is 2.00 bits per heavy atom. The molecular weight excluding hydrogens is 220 g/mol. The van der Waals surface area contributed by atoms with Crippen molar-refractivity contribution in [2.75, 3.05) is 26.7 Å². The van der Waals surface area contributed by atoms with Gasteiger partial charge in [-0.25, -0.2) is 0 Å². The van der Waals surface area contributed by atoms with E-state index in [4.69, 9.17) is 0 Å². The smallest absolute Gasteiger partial charge is 0.0233 e. The summed E-state index contributed by atoms with van der Waals surface area (Å²) in [5.74, 6) is 0.574. The van der Waals surface area contributed by atoms with E-state index in [-0.39, 0.29) is 0 Å². The summed E-state index contributed by atoms with van der Waals surface area (Å²) in [5, 5.41) is 3.39. The van der Waals surface area contributed by atoms with Crippen LogP contribution >= 0.6 is 0 Å². The molecule has 0 saturated heterocycles. The average Bonchev–Trinajstić information content (AvgIpc) is 2.37. The molecule has 0 aliphatic rings. The van der Waals surface area contributed by atoms with E-state index in [2.05, 4.69) is 62.0 Å². The summed E-state index contributed by atoms with van der Waals surface area (Å²) in [6.45, 7) is 12.2. The van der Waals surface area contributed by atoms with Gasteiger partial charge in [0, 0.05) is 19.6 Å². The Labute approximate surface area is 112 Å². The SMILES string of the molecule is C=CCN(C)Cc1ccc(C(C)CNCC)cc1. The molecule has 1 N–H and O–H groups in total. The molecule has 1 rings (SSSR count). The summed E-state index contributed by atoms with van der Waals surface area (Å²) in [6, 6.07) is 8.97. The predicted octanol–water partition coefficient (Wildman–Crippen LogP) is 3.02. The van der Waals surface area contributed by atoms with Crippen LogP contribution in [0, 0.1) is 0 Å². The topological polar surface area (TPSA) is 15.3 Å². The van der Waals surface area contributed by atoms with Crippen molar-refractivity contribution in [2.45, 2.75) is 26.3 Å². The molecule has 1 unspecified atom stereocenters. The van der Waals surface area contributed by atoms with Gasteiger partial charge in [-0.15, -0.1) is 6.58 Å². The molecule has 0 bridgehead atoms. The third-order valence-corrected chi connectivity index (χ3v) is 3.14. The Balaban J connectivity index is 2.53. The molecule has 0 heterocycles. The Kier molecular flexibility index (Phi) is 6.69. The lowest BCUT2D eigenvalue weighted by Crippen LogP contribution is -2.19. The lowest BCUT2D eigenvalue weighted by atomic mass is 9.99. The van der Waals surface area contributed by atoms with Gasteiger partial charge in [-0.2, -0.15) is 0 Å². The first kappa shape index (κ1) is 14.9. The zero-order valence-electron chi connectivity index (χ0n) is 11.9. The van der Waals surface area contributed by atoms with Crippen LogP contribution < -0.4 is 5.32 Å². The monoisotopic (exact) mass is 246 g/mol. The van der Waals surface area contributed by atoms with E-state index in [9.17, 15) is 0 Å². The van der Waals surface area contributed by atoms with Crippen LogP contribution in [0.1, 0.15) is 30.9 Å². The standard InChI is InChI=1S/C16H26N2/c1-5-11-18(4)13-15-7-9-16(10-8-15)14(3)12-17-6-2/h5,7-10,14,17H,1,6,11-13H2,2-4H3. The predicted molar refractivity (Wildman–Crippen MR) is 79.9 cm³/mol. The van der Waals surface area contributed by atoms with Crippen molar-refractivity contribution in [3.05, 3.63) is 48.0 Å². The molecule has 2 heteroatoms. The van der Waals surface area contributed by atoms with E-state index >= 15 is 0 Å². The molecule has 2 nitrogen and oxygen atoms in total. The number of rotatable bonds is 8. The Morgan fingerprint density at radius 1 is 1.33 bits per heavy atom. The molecule has 18 heavy (non-hydrogen) atoms. The van der Waals surface area contributed by atoms with Crippen LogP contribution in [-0.2, 0) is 6.54 Å². The van der Waals surface area contributed by atoms with Gasteiger partial charge in [0.15, 0.2) is 0 Å². The molecular formula is C16H26N2. The highest BCUT2D eigenvalue weighted by atomic mass is 15.1. The number of hydrogen-bond acceptors (Lipinski definition) is 2. The normalized spacial score (nSPS) is 12.7. The first-order chi connectivity index (χ1) is 8.67. The number of benzene rings is 1. The third-order valence-electron chi connectivity index (χ3n) is 3.14. The summed E-state index contributed by atoms with van der Waals surface area (Å²) in [5.41, 5.74) is 2.77. The van der Waals surface area contributed by atoms with Crippen LogP contribution in [0.25, 0.3) is 0 Å². The molecule has 1 atom stereocenters. The average molecular weight is 246 g/mol. The zero-order chi connectivity index (χ0) is 13.4. The summed E-state index contributed by atoms with van der Waals surface area (Å²) in [4.78, 5) is 2.25. The maximum Gasteiger partial charge on any atom is 0.0233 e. The number of likely N-dealkylation sites (N-methyl/N-ethyl adjacent to an activating group) is 2. The molecule has 0 aliphatic heterocycles. The van der Waals surface area contributed by atoms with Gasteiger partial charge in [-0.3, -0.25) is 4.90 Å². The van der Waals surface area contributed by atoms with Gasteiger partial charge in [-0.1, -0.05) is 44.2 Å². The maximum absolute atomic E-state index is 3.76. The van der Waals surface area contributed by atoms with Gasteiger partial charge in [0.05, 0.1) is 0 Å². The molecule has 0 aromatic heterocycles. The van der Waals surface area contributed by atoms with Crippen molar-refractivity contribution in [1.82, 2.24) is 10.2 Å². The Morgan fingerprint density at radius 3 is 2.56 bits per heavy atom. The zero-order valence-corrected chi connectivity index (χ0v) is 11.9. The maximum atomic E-state index is 3.76. The largest absolute Gasteiger partial charge is 0.316 e. The van der Waals surface area contributed by atoms with Gasteiger partial charge in [0.25, 0.3) is 0 Å². The Bertz CT molecular complexity index is 343. The lowest BCUT2D eigenvalue weighted by Gasteiger charge is -2.16. The number of nitrogens with zero attached hydrogens (tertiary/aromatic N) is 1. The van der Waals surface area contributed by atoms with Crippen molar-refractivity contribution in [2.24, 2.45) is 0 Å². The highest BCUT2D eigenvalue weighted by Gasteiger charge is 2.05. The van der Waals surface area contributed by atoms with Gasteiger partial charge in [-0.05, 0) is 30.6 Å². The fourth-order valence-electron chi connectivity index (χ4n) is 2.03. The van der Waals surface area contributed by atoms with Gasteiger partial charge < -0.3 is 5.32 Å². The molecule has 0 amide bonds. The van der Waals surface area contributed by atoms with Crippen LogP contribution in [0.3, 0.4) is 0 Å². The highest BCUT2D eigenvalue weighted by Crippen LogP contribution is 2.15. The fraction of sp³-hybridized carbons (Fsp3) is 0.500. The minimum absolute atomic E-state index is 0.574. The van der Waals surface area contributed by atoms with E-state index in [0.29, 0.717) is 5.92 Å². The molecule has 0 spiro atoms. The van der Waals surface area contributed by atoms with Gasteiger partial charge >= 0.3 is 0 Å². The van der Waals surface area contributed by atoms with Crippen LogP contribution in [0.15, 0.2) is 36.9 Å². The van der Waals surface area contributed by atoms with Gasteiger partial charge in [0.2, 0.25) is 0 Å². The second kappa shape index (κ2) is 8.06. The lowest BCUT2D eigenvalue weighted by molar-refractivity contribution is 0.363. The van der Waals surface area contributed by atoms with Crippen LogP contribution in [-0.4, -0.2) is 31.6 Å². The molecule has 0 fully saturated rings. The van der Waals surface area contributed by atoms with Crippen LogP contribution in [0.4, 0.5) is 0 Å². The van der Waals surface area contributed by atoms with Crippen molar-refractivity contribution >= 4 is 0 Å². The minimum Gasteiger partial charge on any atom is -0.316 e. The van der Waals surface area contributed by atoms with Crippen molar-refractivity contribution in [3.63, 3.8) is 0 Å². The van der Waals surface area contributed by atoms with E-state index in [1.54, 1.807) is 0 Å². The first-order valence-electron chi connectivity index (χ1n) is 6.76. The van der Waals surface area contributed by atoms with Crippen LogP contribution in [0.2, 0.25) is 0 Å². The Hall–Kier alpha value is -1.12. The number of nitrogens with one attached hydrogen (secondary N) is 1. The second-order valence-corrected chi connectivity index (χ2v) is 4.94. The molecule has 1 aromatic rings. The van der Waals surface area contributed by atoms with E-state index in [1.807, 2.05) is 6.08 Å². The summed E-state index contributed by atoms with van der Waals surface area (Å²) < 4.78 is 0. The fourth-order valence-corrected chi connectivity index (χ4v) is 2.03. The van der Waals surface area contributed by atoms with Crippen molar-refractivity contribution < 1.29 is 0 Å². The summed E-state index contributed by atoms with van der Waals surface area (Å²) >= 11 is 0. The molecule has 100 valence electrons. The molecule has 1 aromatic carbocycles. The van der Waals surface area contributed by atoms with E-state index in [0.717, 1.165) is 26.2 Å². The quantitative estimate of drug-likeness (QED) is 0.709. The summed E-state index contributed by atoms with van der Waals surface area (Å²) in [7, 11) is 2.11. The third kappa shape index (κ3) is 5.03. The van der Waals surface area contributed by atoms with E-state index < -0.39 is 0 Å². The first-order valence-corrected chi connectivity index (χ1v) is 6.76. The molecule has 0 aliphatic carbocycles. The van der Waals surface area contributed by atoms with Crippen LogP contribution in [0.5, 0.6) is 0 Å². The minimum atomic E-state index is 0.574. The van der Waals surface area contributed by atoms with Crippen molar-refractivity contribution in [1.29, 1.82) is 0 Å². The molecule has 0 radical (unpaired) electrons. The van der Waals surface area contributed by atoms with Gasteiger partial charge in [0.1, 0.15) is 0 Å². The second-order valence-electron chi connectivity index (χ2n) is 4.94. The molecule has 0 saturated carbocycles. The van der Waals surface area contributed by atoms with Crippen molar-refractivity contribution in [3.8, 4) is 0 Å².